The summed E-state index contributed by atoms with van der Waals surface area (Å²) in [5.41, 5.74) is 7.74. The molecule has 1 aliphatic heterocycles. The lowest BCUT2D eigenvalue weighted by Crippen LogP contribution is -2.36. The monoisotopic (exact) mass is 233 g/mol. The minimum absolute atomic E-state index is 0.238. The molecule has 1 aromatic carbocycles. The van der Waals surface area contributed by atoms with Crippen molar-refractivity contribution in [3.05, 3.63) is 29.8 Å². The van der Waals surface area contributed by atoms with Gasteiger partial charge < -0.3 is 16.0 Å². The van der Waals surface area contributed by atoms with Crippen molar-refractivity contribution in [2.75, 3.05) is 25.0 Å². The Bertz CT molecular complexity index is 405. The quantitative estimate of drug-likeness (QED) is 0.816. The summed E-state index contributed by atoms with van der Waals surface area (Å²) in [6.07, 6.45) is 1.48. The largest absolute Gasteiger partial charge is 0.371 e. The van der Waals surface area contributed by atoms with Gasteiger partial charge in [0.15, 0.2) is 0 Å². The van der Waals surface area contributed by atoms with Crippen molar-refractivity contribution >= 4 is 11.6 Å². The number of anilines is 1. The number of amides is 1. The summed E-state index contributed by atoms with van der Waals surface area (Å²) in [5.74, 6) is -0.238. The smallest absolute Gasteiger partial charge is 0.219 e. The Kier molecular flexibility index (Phi) is 3.64. The van der Waals surface area contributed by atoms with Gasteiger partial charge in [-0.05, 0) is 25.1 Å². The molecule has 1 heterocycles. The molecule has 1 amide bonds. The number of carbonyl (C=O) groups is 1. The Hall–Kier alpha value is -1.55. The standard InChI is InChI=1S/C13H19N3O/c1-15-11-6-8-16(9-7-13(14)17)12-5-3-2-4-10(11)12/h2-5,11,15H,6-9H2,1H3,(H2,14,17). The van der Waals surface area contributed by atoms with E-state index in [9.17, 15) is 4.79 Å². The Labute approximate surface area is 102 Å². The molecule has 0 bridgehead atoms. The molecule has 17 heavy (non-hydrogen) atoms. The number of nitrogens with two attached hydrogens (primary N) is 1. The number of para-hydroxylation sites is 1. The zero-order chi connectivity index (χ0) is 12.3. The van der Waals surface area contributed by atoms with Crippen molar-refractivity contribution < 1.29 is 4.79 Å². The van der Waals surface area contributed by atoms with Crippen LogP contribution in [0.2, 0.25) is 0 Å². The Morgan fingerprint density at radius 2 is 2.29 bits per heavy atom. The number of primary amides is 1. The summed E-state index contributed by atoms with van der Waals surface area (Å²) >= 11 is 0. The fourth-order valence-corrected chi connectivity index (χ4v) is 2.41. The van der Waals surface area contributed by atoms with Gasteiger partial charge in [-0.15, -0.1) is 0 Å². The highest BCUT2D eigenvalue weighted by Crippen LogP contribution is 2.33. The molecule has 4 heteroatoms. The third-order valence-electron chi connectivity index (χ3n) is 3.32. The molecule has 0 aromatic heterocycles. The molecule has 4 nitrogen and oxygen atoms in total. The molecule has 1 atom stereocenters. The lowest BCUT2D eigenvalue weighted by molar-refractivity contribution is -0.117. The van der Waals surface area contributed by atoms with E-state index >= 15 is 0 Å². The van der Waals surface area contributed by atoms with Crippen molar-refractivity contribution in [1.82, 2.24) is 5.32 Å². The van der Waals surface area contributed by atoms with E-state index in [1.807, 2.05) is 13.1 Å². The first-order chi connectivity index (χ1) is 8.22. The van der Waals surface area contributed by atoms with Crippen molar-refractivity contribution in [2.45, 2.75) is 18.9 Å². The molecule has 1 unspecified atom stereocenters. The highest BCUT2D eigenvalue weighted by Gasteiger charge is 2.23. The fourth-order valence-electron chi connectivity index (χ4n) is 2.41. The van der Waals surface area contributed by atoms with Crippen molar-refractivity contribution in [2.24, 2.45) is 5.73 Å². The zero-order valence-corrected chi connectivity index (χ0v) is 10.1. The number of fused-ring (bicyclic) bond motifs is 1. The van der Waals surface area contributed by atoms with Crippen LogP contribution in [0, 0.1) is 0 Å². The van der Waals surface area contributed by atoms with E-state index in [1.165, 1.54) is 11.3 Å². The first kappa shape index (κ1) is 11.9. The number of benzene rings is 1. The van der Waals surface area contributed by atoms with E-state index in [0.29, 0.717) is 19.0 Å². The maximum atomic E-state index is 10.9. The maximum Gasteiger partial charge on any atom is 0.219 e. The molecule has 1 aliphatic rings. The van der Waals surface area contributed by atoms with E-state index < -0.39 is 0 Å². The Balaban J connectivity index is 2.19. The molecule has 0 spiro atoms. The second kappa shape index (κ2) is 5.19. The van der Waals surface area contributed by atoms with Crippen LogP contribution in [0.3, 0.4) is 0 Å². The number of hydrogen-bond donors (Lipinski definition) is 2. The van der Waals surface area contributed by atoms with Crippen LogP contribution in [0.15, 0.2) is 24.3 Å². The minimum Gasteiger partial charge on any atom is -0.371 e. The van der Waals surface area contributed by atoms with Crippen LogP contribution in [0.1, 0.15) is 24.4 Å². The number of carbonyl (C=O) groups excluding carboxylic acids is 1. The maximum absolute atomic E-state index is 10.9. The van der Waals surface area contributed by atoms with Crippen LogP contribution in [-0.2, 0) is 4.79 Å². The second-order valence-electron chi connectivity index (χ2n) is 4.39. The average molecular weight is 233 g/mol. The third-order valence-corrected chi connectivity index (χ3v) is 3.32. The Morgan fingerprint density at radius 3 is 3.00 bits per heavy atom. The summed E-state index contributed by atoms with van der Waals surface area (Å²) in [4.78, 5) is 13.1. The molecular formula is C13H19N3O. The van der Waals surface area contributed by atoms with Gasteiger partial charge in [0.05, 0.1) is 0 Å². The SMILES string of the molecule is CNC1CCN(CCC(N)=O)c2ccccc21. The van der Waals surface area contributed by atoms with E-state index in [1.54, 1.807) is 0 Å². The summed E-state index contributed by atoms with van der Waals surface area (Å²) in [6, 6.07) is 8.76. The van der Waals surface area contributed by atoms with Crippen molar-refractivity contribution in [3.63, 3.8) is 0 Å². The van der Waals surface area contributed by atoms with Gasteiger partial charge in [-0.1, -0.05) is 18.2 Å². The van der Waals surface area contributed by atoms with E-state index in [-0.39, 0.29) is 5.91 Å². The van der Waals surface area contributed by atoms with Crippen LogP contribution >= 0.6 is 0 Å². The molecule has 3 N–H and O–H groups in total. The van der Waals surface area contributed by atoms with Gasteiger partial charge in [-0.2, -0.15) is 0 Å². The van der Waals surface area contributed by atoms with Crippen LogP contribution < -0.4 is 16.0 Å². The van der Waals surface area contributed by atoms with Crippen LogP contribution in [-0.4, -0.2) is 26.0 Å². The molecule has 0 aliphatic carbocycles. The summed E-state index contributed by atoms with van der Waals surface area (Å²) in [5, 5.41) is 3.33. The molecule has 92 valence electrons. The van der Waals surface area contributed by atoms with Gasteiger partial charge in [0.25, 0.3) is 0 Å². The lowest BCUT2D eigenvalue weighted by atomic mass is 9.96. The summed E-state index contributed by atoms with van der Waals surface area (Å²) in [7, 11) is 1.99. The van der Waals surface area contributed by atoms with E-state index in [2.05, 4.69) is 28.4 Å². The first-order valence-corrected chi connectivity index (χ1v) is 6.02. The van der Waals surface area contributed by atoms with Gasteiger partial charge in [0.2, 0.25) is 5.91 Å². The molecular weight excluding hydrogens is 214 g/mol. The predicted octanol–water partition coefficient (Wildman–Crippen LogP) is 1.03. The highest BCUT2D eigenvalue weighted by molar-refractivity contribution is 5.74. The second-order valence-corrected chi connectivity index (χ2v) is 4.39. The van der Waals surface area contributed by atoms with Gasteiger partial charge in [0.1, 0.15) is 0 Å². The molecule has 0 saturated heterocycles. The topological polar surface area (TPSA) is 58.4 Å². The van der Waals surface area contributed by atoms with Crippen molar-refractivity contribution in [1.29, 1.82) is 0 Å². The van der Waals surface area contributed by atoms with Gasteiger partial charge in [-0.3, -0.25) is 4.79 Å². The van der Waals surface area contributed by atoms with Gasteiger partial charge in [0, 0.05) is 31.2 Å². The lowest BCUT2D eigenvalue weighted by Gasteiger charge is -2.35. The van der Waals surface area contributed by atoms with Crippen LogP contribution in [0.5, 0.6) is 0 Å². The number of nitrogens with zero attached hydrogens (tertiary/aromatic N) is 1. The number of nitrogens with one attached hydrogen (secondary N) is 1. The van der Waals surface area contributed by atoms with Gasteiger partial charge in [-0.25, -0.2) is 0 Å². The van der Waals surface area contributed by atoms with Crippen LogP contribution in [0.25, 0.3) is 0 Å². The minimum atomic E-state index is -0.238. The van der Waals surface area contributed by atoms with Gasteiger partial charge >= 0.3 is 0 Å². The Morgan fingerprint density at radius 1 is 1.53 bits per heavy atom. The molecule has 2 rings (SSSR count). The predicted molar refractivity (Wildman–Crippen MR) is 68.9 cm³/mol. The zero-order valence-electron chi connectivity index (χ0n) is 10.1. The molecule has 0 fully saturated rings. The van der Waals surface area contributed by atoms with Crippen molar-refractivity contribution in [3.8, 4) is 0 Å². The average Bonchev–Trinajstić information content (AvgIpc) is 2.35. The van der Waals surface area contributed by atoms with E-state index in [0.717, 1.165) is 13.0 Å². The van der Waals surface area contributed by atoms with E-state index in [4.69, 9.17) is 5.73 Å². The first-order valence-electron chi connectivity index (χ1n) is 6.02. The number of hydrogen-bond acceptors (Lipinski definition) is 3. The van der Waals surface area contributed by atoms with Crippen LogP contribution in [0.4, 0.5) is 5.69 Å². The normalized spacial score (nSPS) is 18.9. The fraction of sp³-hybridized carbons (Fsp3) is 0.462. The molecule has 0 saturated carbocycles. The summed E-state index contributed by atoms with van der Waals surface area (Å²) in [6.45, 7) is 1.68. The highest BCUT2D eigenvalue weighted by atomic mass is 16.1. The summed E-state index contributed by atoms with van der Waals surface area (Å²) < 4.78 is 0. The third kappa shape index (κ3) is 2.58. The molecule has 1 aromatic rings. The number of rotatable bonds is 4. The molecule has 0 radical (unpaired) electrons.